The third-order valence-corrected chi connectivity index (χ3v) is 5.57. The fourth-order valence-electron chi connectivity index (χ4n) is 3.59. The largest absolute Gasteiger partial charge is 0.465 e. The number of hydrogen-bond acceptors (Lipinski definition) is 7. The minimum Gasteiger partial charge on any atom is -0.465 e. The molecule has 7 nitrogen and oxygen atoms in total. The van der Waals surface area contributed by atoms with Gasteiger partial charge >= 0.3 is 5.97 Å². The average molecular weight is 427 g/mol. The van der Waals surface area contributed by atoms with E-state index in [4.69, 9.17) is 20.8 Å². The number of aromatic nitrogens is 2. The quantitative estimate of drug-likeness (QED) is 0.573. The van der Waals surface area contributed by atoms with Gasteiger partial charge < -0.3 is 14.1 Å². The first-order valence-electron chi connectivity index (χ1n) is 9.79. The van der Waals surface area contributed by atoms with Gasteiger partial charge in [0, 0.05) is 41.9 Å². The number of halogens is 1. The van der Waals surface area contributed by atoms with Gasteiger partial charge in [-0.2, -0.15) is 0 Å². The number of anilines is 1. The molecule has 0 saturated carbocycles. The number of esters is 1. The number of ether oxygens (including phenoxy) is 1. The second kappa shape index (κ2) is 8.85. The molecular formula is C22H23ClN4O3. The van der Waals surface area contributed by atoms with Gasteiger partial charge in [-0.3, -0.25) is 4.90 Å². The molecule has 2 aromatic carbocycles. The van der Waals surface area contributed by atoms with Crippen LogP contribution in [0.25, 0.3) is 11.5 Å². The van der Waals surface area contributed by atoms with E-state index in [0.29, 0.717) is 35.0 Å². The van der Waals surface area contributed by atoms with Gasteiger partial charge in [0.05, 0.1) is 19.2 Å². The second-order valence-electron chi connectivity index (χ2n) is 7.31. The Bertz CT molecular complexity index is 1000. The lowest BCUT2D eigenvalue weighted by atomic mass is 10.1. The van der Waals surface area contributed by atoms with Crippen molar-refractivity contribution in [2.75, 3.05) is 31.6 Å². The van der Waals surface area contributed by atoms with Crippen LogP contribution in [0.15, 0.2) is 52.9 Å². The number of methoxy groups -OCH3 is 1. The molecule has 156 valence electrons. The molecule has 0 bridgehead atoms. The molecular weight excluding hydrogens is 404 g/mol. The molecule has 1 fully saturated rings. The van der Waals surface area contributed by atoms with Gasteiger partial charge in [0.1, 0.15) is 0 Å². The van der Waals surface area contributed by atoms with Gasteiger partial charge in [0.15, 0.2) is 0 Å². The minimum absolute atomic E-state index is 0.310. The Morgan fingerprint density at radius 3 is 2.53 bits per heavy atom. The Kier molecular flexibility index (Phi) is 6.01. The van der Waals surface area contributed by atoms with E-state index >= 15 is 0 Å². The summed E-state index contributed by atoms with van der Waals surface area (Å²) >= 11 is 5.94. The molecule has 0 amide bonds. The SMILES string of the molecule is COC(=O)c1ccc(N2CCN(Cc3nnc(-c4ccc(Cl)cc4)o3)C(C)C2)cc1. The first kappa shape index (κ1) is 20.4. The van der Waals surface area contributed by atoms with E-state index in [9.17, 15) is 4.79 Å². The Balaban J connectivity index is 1.37. The number of carbonyl (C=O) groups excluding carboxylic acids is 1. The highest BCUT2D eigenvalue weighted by atomic mass is 35.5. The van der Waals surface area contributed by atoms with Crippen molar-refractivity contribution in [3.05, 3.63) is 65.0 Å². The van der Waals surface area contributed by atoms with Crippen LogP contribution < -0.4 is 4.90 Å². The molecule has 0 aliphatic carbocycles. The van der Waals surface area contributed by atoms with E-state index in [1.165, 1.54) is 7.11 Å². The molecule has 1 atom stereocenters. The summed E-state index contributed by atoms with van der Waals surface area (Å²) in [6, 6.07) is 15.2. The monoisotopic (exact) mass is 426 g/mol. The van der Waals surface area contributed by atoms with Crippen molar-refractivity contribution in [3.63, 3.8) is 0 Å². The number of carbonyl (C=O) groups is 1. The molecule has 3 aromatic rings. The number of piperazine rings is 1. The third-order valence-electron chi connectivity index (χ3n) is 5.32. The highest BCUT2D eigenvalue weighted by Crippen LogP contribution is 2.23. The maximum Gasteiger partial charge on any atom is 0.337 e. The van der Waals surface area contributed by atoms with E-state index < -0.39 is 0 Å². The van der Waals surface area contributed by atoms with Crippen LogP contribution in [0.1, 0.15) is 23.2 Å². The zero-order chi connectivity index (χ0) is 21.1. The van der Waals surface area contributed by atoms with Crippen molar-refractivity contribution in [3.8, 4) is 11.5 Å². The highest BCUT2D eigenvalue weighted by molar-refractivity contribution is 6.30. The van der Waals surface area contributed by atoms with Gasteiger partial charge in [-0.15, -0.1) is 10.2 Å². The van der Waals surface area contributed by atoms with E-state index in [1.807, 2.05) is 24.3 Å². The van der Waals surface area contributed by atoms with Crippen molar-refractivity contribution in [2.45, 2.75) is 19.5 Å². The van der Waals surface area contributed by atoms with E-state index in [2.05, 4.69) is 26.9 Å². The highest BCUT2D eigenvalue weighted by Gasteiger charge is 2.25. The molecule has 1 saturated heterocycles. The number of rotatable bonds is 5. The first-order valence-corrected chi connectivity index (χ1v) is 10.2. The first-order chi connectivity index (χ1) is 14.5. The van der Waals surface area contributed by atoms with Crippen LogP contribution in [0.2, 0.25) is 5.02 Å². The summed E-state index contributed by atoms with van der Waals surface area (Å²) < 4.78 is 10.6. The normalized spacial score (nSPS) is 17.2. The Labute approximate surface area is 180 Å². The zero-order valence-corrected chi connectivity index (χ0v) is 17.7. The molecule has 30 heavy (non-hydrogen) atoms. The summed E-state index contributed by atoms with van der Waals surface area (Å²) in [5, 5.41) is 9.04. The summed E-state index contributed by atoms with van der Waals surface area (Å²) in [6.07, 6.45) is 0. The van der Waals surface area contributed by atoms with Gasteiger partial charge in [0.2, 0.25) is 11.8 Å². The van der Waals surface area contributed by atoms with Crippen molar-refractivity contribution in [1.29, 1.82) is 0 Å². The number of benzene rings is 2. The van der Waals surface area contributed by atoms with Gasteiger partial charge in [-0.25, -0.2) is 4.79 Å². The Hall–Kier alpha value is -2.90. The third kappa shape index (κ3) is 4.47. The fourth-order valence-corrected chi connectivity index (χ4v) is 3.72. The standard InChI is InChI=1S/C22H23ClN4O3/c1-15-13-27(19-9-5-17(6-10-19)22(28)29-2)12-11-26(15)14-20-24-25-21(30-20)16-3-7-18(23)8-4-16/h3-10,15H,11-14H2,1-2H3. The lowest BCUT2D eigenvalue weighted by Crippen LogP contribution is -2.51. The molecule has 0 spiro atoms. The van der Waals surface area contributed by atoms with Gasteiger partial charge in [0.25, 0.3) is 0 Å². The second-order valence-corrected chi connectivity index (χ2v) is 7.75. The molecule has 1 unspecified atom stereocenters. The van der Waals surface area contributed by atoms with E-state index in [-0.39, 0.29) is 5.97 Å². The van der Waals surface area contributed by atoms with Crippen molar-refractivity contribution < 1.29 is 13.9 Å². The topological polar surface area (TPSA) is 71.7 Å². The maximum absolute atomic E-state index is 11.6. The molecule has 1 aliphatic heterocycles. The van der Waals surface area contributed by atoms with Crippen LogP contribution in [0.3, 0.4) is 0 Å². The van der Waals surface area contributed by atoms with Gasteiger partial charge in [-0.05, 0) is 55.5 Å². The molecule has 0 N–H and O–H groups in total. The fraction of sp³-hybridized carbons (Fsp3) is 0.318. The molecule has 8 heteroatoms. The Morgan fingerprint density at radius 2 is 1.87 bits per heavy atom. The molecule has 1 aromatic heterocycles. The summed E-state index contributed by atoms with van der Waals surface area (Å²) in [7, 11) is 1.39. The lowest BCUT2D eigenvalue weighted by molar-refractivity contribution is 0.0600. The predicted octanol–water partition coefficient (Wildman–Crippen LogP) is 3.89. The van der Waals surface area contributed by atoms with Crippen molar-refractivity contribution in [1.82, 2.24) is 15.1 Å². The van der Waals surface area contributed by atoms with Crippen LogP contribution in [0.5, 0.6) is 0 Å². The van der Waals surface area contributed by atoms with Crippen LogP contribution in [0, 0.1) is 0 Å². The summed E-state index contributed by atoms with van der Waals surface area (Å²) in [6.45, 7) is 5.41. The lowest BCUT2D eigenvalue weighted by Gasteiger charge is -2.40. The predicted molar refractivity (Wildman–Crippen MR) is 115 cm³/mol. The molecule has 4 rings (SSSR count). The Morgan fingerprint density at radius 1 is 1.13 bits per heavy atom. The van der Waals surface area contributed by atoms with Crippen LogP contribution >= 0.6 is 11.6 Å². The average Bonchev–Trinajstić information content (AvgIpc) is 3.24. The summed E-state index contributed by atoms with van der Waals surface area (Å²) in [5.74, 6) is 0.776. The number of hydrogen-bond donors (Lipinski definition) is 0. The number of nitrogens with zero attached hydrogens (tertiary/aromatic N) is 4. The zero-order valence-electron chi connectivity index (χ0n) is 16.9. The van der Waals surface area contributed by atoms with Crippen molar-refractivity contribution >= 4 is 23.3 Å². The summed E-state index contributed by atoms with van der Waals surface area (Å²) in [5.41, 5.74) is 2.50. The van der Waals surface area contributed by atoms with Crippen LogP contribution in [-0.4, -0.2) is 53.9 Å². The molecule has 0 radical (unpaired) electrons. The summed E-state index contributed by atoms with van der Waals surface area (Å²) in [4.78, 5) is 16.3. The molecule has 1 aliphatic rings. The van der Waals surface area contributed by atoms with E-state index in [1.54, 1.807) is 24.3 Å². The maximum atomic E-state index is 11.6. The van der Waals surface area contributed by atoms with E-state index in [0.717, 1.165) is 30.9 Å². The van der Waals surface area contributed by atoms with Crippen LogP contribution in [0.4, 0.5) is 5.69 Å². The molecule has 2 heterocycles. The van der Waals surface area contributed by atoms with Gasteiger partial charge in [-0.1, -0.05) is 11.6 Å². The minimum atomic E-state index is -0.322. The van der Waals surface area contributed by atoms with Crippen molar-refractivity contribution in [2.24, 2.45) is 0 Å². The smallest absolute Gasteiger partial charge is 0.337 e. The van der Waals surface area contributed by atoms with Crippen LogP contribution in [-0.2, 0) is 11.3 Å².